The van der Waals surface area contributed by atoms with Crippen LogP contribution in [0.4, 0.5) is 8.78 Å². The fourth-order valence-corrected chi connectivity index (χ4v) is 3.09. The molecule has 0 atom stereocenters. The number of carbonyl (C=O) groups excluding carboxylic acids is 1. The van der Waals surface area contributed by atoms with E-state index in [9.17, 15) is 18.8 Å². The molecule has 0 spiro atoms. The van der Waals surface area contributed by atoms with Gasteiger partial charge < -0.3 is 14.2 Å². The molecule has 33 heavy (non-hydrogen) atoms. The van der Waals surface area contributed by atoms with Crippen LogP contribution in [0, 0.1) is 11.3 Å². The number of benzene rings is 1. The van der Waals surface area contributed by atoms with E-state index in [0.29, 0.717) is 22.3 Å². The molecule has 0 aliphatic carbocycles. The number of hydrogen-bond donors (Lipinski definition) is 0. The Labute approximate surface area is 189 Å². The van der Waals surface area contributed by atoms with Crippen molar-refractivity contribution in [3.8, 4) is 28.7 Å². The van der Waals surface area contributed by atoms with Crippen molar-refractivity contribution < 1.29 is 27.8 Å². The van der Waals surface area contributed by atoms with Crippen molar-refractivity contribution in [2.75, 3.05) is 7.11 Å². The fraction of sp³-hybridized carbons (Fsp3) is 0.391. The number of fused-ring (bicyclic) bond motifs is 1. The zero-order chi connectivity index (χ0) is 24.6. The molecular weight excluding hydrogens is 434 g/mol. The van der Waals surface area contributed by atoms with E-state index in [1.54, 1.807) is 47.0 Å². The van der Waals surface area contributed by atoms with Gasteiger partial charge in [-0.3, -0.25) is 0 Å². The Morgan fingerprint density at radius 2 is 1.82 bits per heavy atom. The van der Waals surface area contributed by atoms with Crippen LogP contribution < -0.4 is 9.47 Å². The normalized spacial score (nSPS) is 12.0. The predicted octanol–water partition coefficient (Wildman–Crippen LogP) is 4.76. The van der Waals surface area contributed by atoms with E-state index < -0.39 is 29.3 Å². The van der Waals surface area contributed by atoms with Gasteiger partial charge in [0, 0.05) is 23.5 Å². The number of esters is 1. The minimum absolute atomic E-state index is 0.000941. The van der Waals surface area contributed by atoms with E-state index in [1.807, 2.05) is 0 Å². The van der Waals surface area contributed by atoms with E-state index in [4.69, 9.17) is 9.47 Å². The van der Waals surface area contributed by atoms with Crippen molar-refractivity contribution in [3.05, 3.63) is 41.9 Å². The summed E-state index contributed by atoms with van der Waals surface area (Å²) in [5.74, 6) is -1.25. The first-order chi connectivity index (χ1) is 15.4. The maximum atomic E-state index is 13.2. The Kier molecular flexibility index (Phi) is 6.27. The first-order valence-corrected chi connectivity index (χ1v) is 10.0. The smallest absolute Gasteiger partial charge is 0.387 e. The van der Waals surface area contributed by atoms with E-state index >= 15 is 0 Å². The Morgan fingerprint density at radius 3 is 2.39 bits per heavy atom. The third-order valence-electron chi connectivity index (χ3n) is 4.77. The number of nitriles is 1. The van der Waals surface area contributed by atoms with Gasteiger partial charge in [-0.2, -0.15) is 19.1 Å². The summed E-state index contributed by atoms with van der Waals surface area (Å²) in [4.78, 5) is 17.1. The van der Waals surface area contributed by atoms with Crippen LogP contribution in [0.3, 0.4) is 0 Å². The lowest BCUT2D eigenvalue weighted by Gasteiger charge is -2.22. The lowest BCUT2D eigenvalue weighted by Crippen LogP contribution is -2.25. The van der Waals surface area contributed by atoms with Gasteiger partial charge in [-0.05, 0) is 52.3 Å². The van der Waals surface area contributed by atoms with Gasteiger partial charge in [0.05, 0.1) is 24.8 Å². The molecule has 0 aliphatic rings. The molecule has 0 N–H and O–H groups in total. The summed E-state index contributed by atoms with van der Waals surface area (Å²) >= 11 is 0. The molecule has 0 saturated carbocycles. The number of nitrogens with zero attached hydrogens (tertiary/aromatic N) is 4. The maximum absolute atomic E-state index is 13.2. The van der Waals surface area contributed by atoms with Crippen LogP contribution in [0.5, 0.6) is 11.5 Å². The van der Waals surface area contributed by atoms with Crippen molar-refractivity contribution in [1.29, 1.82) is 5.26 Å². The molecule has 3 rings (SSSR count). The molecule has 0 radical (unpaired) electrons. The Morgan fingerprint density at radius 1 is 1.15 bits per heavy atom. The van der Waals surface area contributed by atoms with Crippen molar-refractivity contribution in [1.82, 2.24) is 14.6 Å². The lowest BCUT2D eigenvalue weighted by atomic mass is 9.89. The monoisotopic (exact) mass is 458 g/mol. The van der Waals surface area contributed by atoms with Gasteiger partial charge in [-0.15, -0.1) is 0 Å². The lowest BCUT2D eigenvalue weighted by molar-refractivity contribution is -0.0509. The average molecular weight is 458 g/mol. The third-order valence-corrected chi connectivity index (χ3v) is 4.77. The second-order valence-corrected chi connectivity index (χ2v) is 8.84. The Hall–Kier alpha value is -3.74. The molecule has 0 aliphatic heterocycles. The van der Waals surface area contributed by atoms with Crippen LogP contribution in [-0.4, -0.2) is 39.9 Å². The number of aromatic nitrogens is 3. The summed E-state index contributed by atoms with van der Waals surface area (Å²) in [6.07, 6.45) is 4.74. The Balaban J connectivity index is 2.17. The van der Waals surface area contributed by atoms with Crippen molar-refractivity contribution in [2.45, 2.75) is 52.2 Å². The predicted molar refractivity (Wildman–Crippen MR) is 115 cm³/mol. The summed E-state index contributed by atoms with van der Waals surface area (Å²) in [5, 5.41) is 13.6. The number of rotatable bonds is 6. The van der Waals surface area contributed by atoms with Crippen LogP contribution in [0.1, 0.15) is 50.5 Å². The molecule has 0 fully saturated rings. The fourth-order valence-electron chi connectivity index (χ4n) is 3.09. The Bertz CT molecular complexity index is 1240. The summed E-state index contributed by atoms with van der Waals surface area (Å²) in [5.41, 5.74) is 0.0795. The number of carbonyl (C=O) groups is 1. The highest BCUT2D eigenvalue weighted by Gasteiger charge is 2.28. The first-order valence-electron chi connectivity index (χ1n) is 10.0. The molecule has 1 aromatic carbocycles. The maximum Gasteiger partial charge on any atom is 0.387 e. The van der Waals surface area contributed by atoms with Crippen molar-refractivity contribution in [3.63, 3.8) is 0 Å². The third kappa shape index (κ3) is 5.03. The van der Waals surface area contributed by atoms with Gasteiger partial charge in [0.1, 0.15) is 22.7 Å². The second-order valence-electron chi connectivity index (χ2n) is 8.84. The van der Waals surface area contributed by atoms with Crippen LogP contribution in [0.2, 0.25) is 0 Å². The highest BCUT2D eigenvalue weighted by molar-refractivity contribution is 5.97. The zero-order valence-electron chi connectivity index (χ0n) is 19.1. The summed E-state index contributed by atoms with van der Waals surface area (Å²) in [6, 6.07) is 5.00. The number of halogens is 2. The summed E-state index contributed by atoms with van der Waals surface area (Å²) < 4.78 is 43.2. The van der Waals surface area contributed by atoms with Crippen molar-refractivity contribution >= 4 is 11.6 Å². The average Bonchev–Trinajstić information content (AvgIpc) is 3.14. The highest BCUT2D eigenvalue weighted by Crippen LogP contribution is 2.38. The number of methoxy groups -OCH3 is 1. The van der Waals surface area contributed by atoms with Crippen molar-refractivity contribution in [2.24, 2.45) is 0 Å². The molecule has 0 saturated heterocycles. The standard InChI is InChI=1S/C23H24F2N4O4/c1-22(2,3)33-20(30)18-16(31-6)7-13(8-17(18)32-21(24)25)15-10-28-29-11-14(9-27-19(15)29)23(4,5)12-26/h7-11,21H,1-6H3. The quantitative estimate of drug-likeness (QED) is 0.491. The van der Waals surface area contributed by atoms with Gasteiger partial charge in [-0.1, -0.05) is 0 Å². The van der Waals surface area contributed by atoms with Gasteiger partial charge in [-0.25, -0.2) is 14.3 Å². The molecule has 0 amide bonds. The van der Waals surface area contributed by atoms with Crippen LogP contribution in [0.15, 0.2) is 30.7 Å². The van der Waals surface area contributed by atoms with Gasteiger partial charge in [0.15, 0.2) is 5.65 Å². The highest BCUT2D eigenvalue weighted by atomic mass is 19.3. The molecule has 174 valence electrons. The topological polar surface area (TPSA) is 98.7 Å². The molecule has 0 unspecified atom stereocenters. The summed E-state index contributed by atoms with van der Waals surface area (Å²) in [6.45, 7) is 5.32. The molecule has 3 aromatic rings. The molecule has 2 heterocycles. The summed E-state index contributed by atoms with van der Waals surface area (Å²) in [7, 11) is 1.31. The minimum atomic E-state index is -3.18. The SMILES string of the molecule is COc1cc(-c2cnn3cc(C(C)(C)C#N)cnc23)cc(OC(F)F)c1C(=O)OC(C)(C)C. The van der Waals surface area contributed by atoms with Gasteiger partial charge in [0.25, 0.3) is 0 Å². The first kappa shape index (κ1) is 23.9. The van der Waals surface area contributed by atoms with Crippen LogP contribution in [0.25, 0.3) is 16.8 Å². The molecule has 10 heteroatoms. The van der Waals surface area contributed by atoms with E-state index in [0.717, 1.165) is 0 Å². The van der Waals surface area contributed by atoms with Gasteiger partial charge >= 0.3 is 12.6 Å². The number of hydrogen-bond acceptors (Lipinski definition) is 7. The van der Waals surface area contributed by atoms with Crippen LogP contribution >= 0.6 is 0 Å². The number of ether oxygens (including phenoxy) is 3. The number of alkyl halides is 2. The zero-order valence-corrected chi connectivity index (χ0v) is 19.1. The molecule has 8 nitrogen and oxygen atoms in total. The molecule has 2 aromatic heterocycles. The second kappa shape index (κ2) is 8.65. The molecular formula is C23H24F2N4O4. The largest absolute Gasteiger partial charge is 0.496 e. The molecule has 0 bridgehead atoms. The van der Waals surface area contributed by atoms with Gasteiger partial charge in [0.2, 0.25) is 0 Å². The van der Waals surface area contributed by atoms with Crippen LogP contribution in [-0.2, 0) is 10.2 Å². The van der Waals surface area contributed by atoms with E-state index in [-0.39, 0.29) is 11.3 Å². The van der Waals surface area contributed by atoms with E-state index in [2.05, 4.69) is 20.9 Å². The minimum Gasteiger partial charge on any atom is -0.496 e. The van der Waals surface area contributed by atoms with E-state index in [1.165, 1.54) is 30.0 Å².